The molecule has 2 heterocycles. The van der Waals surface area contributed by atoms with E-state index in [9.17, 15) is 35.9 Å². The molecule has 0 aromatic heterocycles. The monoisotopic (exact) mass is 535 g/mol. The summed E-state index contributed by atoms with van der Waals surface area (Å²) in [6.45, 7) is 0.542. The van der Waals surface area contributed by atoms with Crippen LogP contribution in [0.25, 0.3) is 0 Å². The van der Waals surface area contributed by atoms with E-state index >= 15 is 0 Å². The average Bonchev–Trinajstić information content (AvgIpc) is 3.19. The van der Waals surface area contributed by atoms with E-state index in [1.54, 1.807) is 0 Å². The number of rotatable bonds is 5. The average molecular weight is 535 g/mol. The summed E-state index contributed by atoms with van der Waals surface area (Å²) in [7, 11) is 0. The molecule has 204 valence electrons. The van der Waals surface area contributed by atoms with Crippen LogP contribution in [0.2, 0.25) is 0 Å². The molecular formula is C23H27F6N5O3. The molecule has 5 unspecified atom stereocenters. The molecule has 1 aromatic carbocycles. The van der Waals surface area contributed by atoms with E-state index in [1.807, 2.05) is 0 Å². The van der Waals surface area contributed by atoms with E-state index < -0.39 is 41.7 Å². The van der Waals surface area contributed by atoms with Crippen LogP contribution in [0, 0.1) is 23.7 Å². The van der Waals surface area contributed by atoms with Crippen molar-refractivity contribution < 1.29 is 40.7 Å². The molecule has 4 aliphatic rings. The van der Waals surface area contributed by atoms with Crippen LogP contribution in [0.15, 0.2) is 18.2 Å². The Bertz CT molecular complexity index is 1010. The molecule has 14 heteroatoms. The van der Waals surface area contributed by atoms with E-state index in [0.29, 0.717) is 37.8 Å². The molecule has 4 N–H and O–H groups in total. The van der Waals surface area contributed by atoms with Crippen LogP contribution in [0.3, 0.4) is 0 Å². The highest BCUT2D eigenvalue weighted by Gasteiger charge is 2.56. The van der Waals surface area contributed by atoms with Crippen LogP contribution in [0.1, 0.15) is 36.0 Å². The van der Waals surface area contributed by atoms with E-state index in [4.69, 9.17) is 4.74 Å². The van der Waals surface area contributed by atoms with Crippen molar-refractivity contribution in [3.63, 3.8) is 0 Å². The quantitative estimate of drug-likeness (QED) is 0.434. The van der Waals surface area contributed by atoms with E-state index in [0.717, 1.165) is 19.3 Å². The highest BCUT2D eigenvalue weighted by molar-refractivity contribution is 5.79. The van der Waals surface area contributed by atoms with Crippen molar-refractivity contribution in [2.24, 2.45) is 23.7 Å². The van der Waals surface area contributed by atoms with Gasteiger partial charge >= 0.3 is 18.4 Å². The molecule has 0 bridgehead atoms. The van der Waals surface area contributed by atoms with Crippen LogP contribution >= 0.6 is 0 Å². The molecule has 5 rings (SSSR count). The van der Waals surface area contributed by atoms with Crippen LogP contribution in [0.4, 0.5) is 31.1 Å². The summed E-state index contributed by atoms with van der Waals surface area (Å²) in [5, 5.41) is 3.02. The number of ether oxygens (including phenoxy) is 1. The number of nitrogens with zero attached hydrogens (tertiary/aromatic N) is 1. The zero-order valence-electron chi connectivity index (χ0n) is 19.6. The lowest BCUT2D eigenvalue weighted by atomic mass is 9.82. The Hall–Kier alpha value is -2.58. The van der Waals surface area contributed by atoms with Crippen molar-refractivity contribution in [3.05, 3.63) is 34.9 Å². The molecule has 0 radical (unpaired) electrons. The molecule has 5 atom stereocenters. The van der Waals surface area contributed by atoms with E-state index in [1.165, 1.54) is 4.90 Å². The molecule has 2 aliphatic heterocycles. The summed E-state index contributed by atoms with van der Waals surface area (Å²) >= 11 is 0. The predicted molar refractivity (Wildman–Crippen MR) is 116 cm³/mol. The maximum atomic E-state index is 13.0. The second-order valence-corrected chi connectivity index (χ2v) is 10.2. The van der Waals surface area contributed by atoms with Crippen molar-refractivity contribution in [2.75, 3.05) is 19.6 Å². The first-order chi connectivity index (χ1) is 17.4. The number of hydrogen-bond donors (Lipinski definition) is 4. The topological polar surface area (TPSA) is 94.7 Å². The van der Waals surface area contributed by atoms with Crippen molar-refractivity contribution in [1.29, 1.82) is 0 Å². The Morgan fingerprint density at radius 2 is 1.57 bits per heavy atom. The van der Waals surface area contributed by atoms with Gasteiger partial charge in [-0.2, -0.15) is 31.9 Å². The summed E-state index contributed by atoms with van der Waals surface area (Å²) in [6, 6.07) is 1.65. The Balaban J connectivity index is 1.07. The van der Waals surface area contributed by atoms with Gasteiger partial charge in [-0.3, -0.25) is 4.79 Å². The number of piperidine rings is 1. The second kappa shape index (κ2) is 9.62. The molecule has 2 saturated heterocycles. The molecule has 4 fully saturated rings. The molecule has 0 spiro atoms. The number of hydrogen-bond acceptors (Lipinski definition) is 6. The Kier molecular flexibility index (Phi) is 6.77. The van der Waals surface area contributed by atoms with Crippen LogP contribution in [0.5, 0.6) is 0 Å². The van der Waals surface area contributed by atoms with Gasteiger partial charge < -0.3 is 15.0 Å². The zero-order chi connectivity index (χ0) is 26.5. The Labute approximate surface area is 208 Å². The molecule has 2 amide bonds. The summed E-state index contributed by atoms with van der Waals surface area (Å²) in [4.78, 5) is 26.4. The fraction of sp³-hybridized carbons (Fsp3) is 0.652. The fourth-order valence-corrected chi connectivity index (χ4v) is 5.77. The van der Waals surface area contributed by atoms with Crippen molar-refractivity contribution >= 4 is 12.0 Å². The first-order valence-corrected chi connectivity index (χ1v) is 12.1. The van der Waals surface area contributed by atoms with Crippen molar-refractivity contribution in [1.82, 2.24) is 26.6 Å². The van der Waals surface area contributed by atoms with Gasteiger partial charge in [0.2, 0.25) is 5.91 Å². The standard InChI is InChI=1S/C23H27F6N5O3/c24-22(25,26)13-3-11(4-14(6-13)23(27,28)29)10-37-21(36)34-8-16-15(17(16)9-34)7-30-20(35)12-1-2-18-19(5-12)32-33-31-18/h3-4,6,12,15-19,31-33H,1-2,5,7-10H2,(H,30,35). The van der Waals surface area contributed by atoms with Gasteiger partial charge in [0.1, 0.15) is 6.61 Å². The molecule has 8 nitrogen and oxygen atoms in total. The van der Waals surface area contributed by atoms with Gasteiger partial charge in [0, 0.05) is 37.6 Å². The number of benzene rings is 1. The van der Waals surface area contributed by atoms with Gasteiger partial charge in [0.25, 0.3) is 0 Å². The minimum Gasteiger partial charge on any atom is -0.445 e. The molecular weight excluding hydrogens is 508 g/mol. The number of hydrazine groups is 2. The fourth-order valence-electron chi connectivity index (χ4n) is 5.77. The third-order valence-corrected chi connectivity index (χ3v) is 7.89. The van der Waals surface area contributed by atoms with Gasteiger partial charge in [-0.05, 0) is 60.8 Å². The first kappa shape index (κ1) is 26.0. The van der Waals surface area contributed by atoms with Crippen molar-refractivity contribution in [2.45, 2.75) is 50.3 Å². The highest BCUT2D eigenvalue weighted by Crippen LogP contribution is 2.51. The lowest BCUT2D eigenvalue weighted by molar-refractivity contribution is -0.143. The minimum atomic E-state index is -4.97. The number of amides is 2. The number of fused-ring (bicyclic) bond motifs is 2. The molecule has 2 saturated carbocycles. The highest BCUT2D eigenvalue weighted by atomic mass is 19.4. The third-order valence-electron chi connectivity index (χ3n) is 7.89. The first-order valence-electron chi connectivity index (χ1n) is 12.1. The van der Waals surface area contributed by atoms with Gasteiger partial charge in [0.05, 0.1) is 11.1 Å². The Morgan fingerprint density at radius 3 is 2.19 bits per heavy atom. The zero-order valence-corrected chi connectivity index (χ0v) is 19.6. The molecule has 2 aliphatic carbocycles. The predicted octanol–water partition coefficient (Wildman–Crippen LogP) is 2.80. The lowest BCUT2D eigenvalue weighted by Crippen LogP contribution is -2.44. The van der Waals surface area contributed by atoms with Crippen LogP contribution in [-0.4, -0.2) is 48.6 Å². The number of carbonyl (C=O) groups is 2. The van der Waals surface area contributed by atoms with Crippen molar-refractivity contribution in [3.8, 4) is 0 Å². The van der Waals surface area contributed by atoms with Crippen LogP contribution in [-0.2, 0) is 28.5 Å². The number of carbonyl (C=O) groups excluding carboxylic acids is 2. The third kappa shape index (κ3) is 5.65. The van der Waals surface area contributed by atoms with Crippen LogP contribution < -0.4 is 21.7 Å². The van der Waals surface area contributed by atoms with Gasteiger partial charge in [-0.1, -0.05) is 0 Å². The second-order valence-electron chi connectivity index (χ2n) is 10.2. The summed E-state index contributed by atoms with van der Waals surface area (Å²) in [6.07, 6.45) is -8.29. The minimum absolute atomic E-state index is 0.0210. The summed E-state index contributed by atoms with van der Waals surface area (Å²) in [5.74, 6) is 0.551. The largest absolute Gasteiger partial charge is 0.445 e. The maximum Gasteiger partial charge on any atom is 0.416 e. The lowest BCUT2D eigenvalue weighted by Gasteiger charge is -2.29. The molecule has 37 heavy (non-hydrogen) atoms. The smallest absolute Gasteiger partial charge is 0.416 e. The van der Waals surface area contributed by atoms with Gasteiger partial charge in [-0.15, -0.1) is 0 Å². The normalized spacial score (nSPS) is 31.0. The number of alkyl halides is 6. The van der Waals surface area contributed by atoms with Gasteiger partial charge in [-0.25, -0.2) is 15.6 Å². The van der Waals surface area contributed by atoms with Gasteiger partial charge in [0.15, 0.2) is 0 Å². The summed E-state index contributed by atoms with van der Waals surface area (Å²) < 4.78 is 83.1. The Morgan fingerprint density at radius 1 is 0.946 bits per heavy atom. The number of halogens is 6. The number of likely N-dealkylation sites (tertiary alicyclic amines) is 1. The maximum absolute atomic E-state index is 13.0. The summed E-state index contributed by atoms with van der Waals surface area (Å²) in [5.41, 5.74) is 5.83. The molecule has 1 aromatic rings. The van der Waals surface area contributed by atoms with E-state index in [2.05, 4.69) is 21.7 Å². The number of nitrogens with one attached hydrogen (secondary N) is 4. The SMILES string of the molecule is O=C(NCC1C2CN(C(=O)OCc3cc(C(F)(F)F)cc(C(F)(F)F)c3)CC12)C1CCC2NNNC2C1. The van der Waals surface area contributed by atoms with E-state index in [-0.39, 0.29) is 41.7 Å².